The smallest absolute Gasteiger partial charge is 0.219 e. The molecule has 0 spiro atoms. The number of carbonyl (C=O) groups is 1. The van der Waals surface area contributed by atoms with Crippen molar-refractivity contribution in [3.05, 3.63) is 18.1 Å². The molecule has 0 atom stereocenters. The fourth-order valence-corrected chi connectivity index (χ4v) is 4.22. The Morgan fingerprint density at radius 2 is 1.78 bits per heavy atom. The molecule has 1 aliphatic carbocycles. The van der Waals surface area contributed by atoms with Crippen LogP contribution in [0.4, 0.5) is 5.82 Å². The van der Waals surface area contributed by atoms with Gasteiger partial charge >= 0.3 is 0 Å². The van der Waals surface area contributed by atoms with Crippen LogP contribution in [-0.2, 0) is 4.79 Å². The van der Waals surface area contributed by atoms with E-state index >= 15 is 0 Å². The molecule has 0 radical (unpaired) electrons. The summed E-state index contributed by atoms with van der Waals surface area (Å²) in [6, 6.07) is 1.13. The molecule has 2 aliphatic rings. The second kappa shape index (κ2) is 8.25. The standard InChI is InChI=1S/C18H26N6O.C2H6/c1-12-10-24(18-16(12)17(19-3)20-11-21-18)15-8-14(9-15)23-6-4-22(5-7-23)13(2)25;1-2/h10-11,14-15H,4-9H2,1-3H3,(H,19,20,21);1-2H3. The minimum absolute atomic E-state index is 0.195. The Morgan fingerprint density at radius 3 is 2.37 bits per heavy atom. The lowest BCUT2D eigenvalue weighted by molar-refractivity contribution is -0.131. The van der Waals surface area contributed by atoms with E-state index in [1.807, 2.05) is 25.8 Å². The first-order valence-electron chi connectivity index (χ1n) is 10.1. The third kappa shape index (κ3) is 3.65. The number of hydrogen-bond acceptors (Lipinski definition) is 5. The molecule has 1 saturated heterocycles. The van der Waals surface area contributed by atoms with Gasteiger partial charge in [-0.15, -0.1) is 0 Å². The van der Waals surface area contributed by atoms with Crippen molar-refractivity contribution in [1.29, 1.82) is 0 Å². The summed E-state index contributed by atoms with van der Waals surface area (Å²) in [6.07, 6.45) is 6.17. The fraction of sp³-hybridized carbons (Fsp3) is 0.650. The molecule has 0 unspecified atom stereocenters. The van der Waals surface area contributed by atoms with Gasteiger partial charge in [0.25, 0.3) is 0 Å². The molecular weight excluding hydrogens is 340 g/mol. The van der Waals surface area contributed by atoms with Crippen LogP contribution in [0.25, 0.3) is 11.0 Å². The van der Waals surface area contributed by atoms with Crippen molar-refractivity contribution in [1.82, 2.24) is 24.3 Å². The number of nitrogens with zero attached hydrogens (tertiary/aromatic N) is 5. The highest BCUT2D eigenvalue weighted by Gasteiger charge is 2.37. The quantitative estimate of drug-likeness (QED) is 0.897. The maximum atomic E-state index is 11.5. The van der Waals surface area contributed by atoms with E-state index in [0.717, 1.165) is 55.9 Å². The van der Waals surface area contributed by atoms with Crippen LogP contribution in [-0.4, -0.2) is 69.5 Å². The number of anilines is 1. The van der Waals surface area contributed by atoms with E-state index in [9.17, 15) is 4.79 Å². The highest BCUT2D eigenvalue weighted by Crippen LogP contribution is 2.39. The van der Waals surface area contributed by atoms with Gasteiger partial charge in [-0.25, -0.2) is 9.97 Å². The Bertz CT molecular complexity index is 787. The van der Waals surface area contributed by atoms with E-state index in [4.69, 9.17) is 0 Å². The molecule has 1 saturated carbocycles. The molecule has 2 aromatic heterocycles. The predicted molar refractivity (Wildman–Crippen MR) is 109 cm³/mol. The normalized spacial score (nSPS) is 22.8. The van der Waals surface area contributed by atoms with Gasteiger partial charge < -0.3 is 14.8 Å². The largest absolute Gasteiger partial charge is 0.372 e. The van der Waals surface area contributed by atoms with E-state index in [1.165, 1.54) is 5.56 Å². The van der Waals surface area contributed by atoms with E-state index in [2.05, 4.69) is 37.9 Å². The van der Waals surface area contributed by atoms with E-state index in [1.54, 1.807) is 13.3 Å². The highest BCUT2D eigenvalue weighted by molar-refractivity contribution is 5.90. The number of amides is 1. The van der Waals surface area contributed by atoms with Gasteiger partial charge in [0.15, 0.2) is 0 Å². The molecule has 1 amide bonds. The van der Waals surface area contributed by atoms with Gasteiger partial charge in [0.05, 0.1) is 5.39 Å². The second-order valence-corrected chi connectivity index (χ2v) is 7.21. The molecule has 7 nitrogen and oxygen atoms in total. The topological polar surface area (TPSA) is 66.3 Å². The summed E-state index contributed by atoms with van der Waals surface area (Å²) in [5.74, 6) is 1.10. The molecule has 3 heterocycles. The molecule has 0 bridgehead atoms. The average Bonchev–Trinajstić information content (AvgIpc) is 2.99. The third-order valence-electron chi connectivity index (χ3n) is 5.79. The summed E-state index contributed by atoms with van der Waals surface area (Å²) in [6.45, 7) is 11.5. The molecule has 2 fully saturated rings. The van der Waals surface area contributed by atoms with Gasteiger partial charge in [0.1, 0.15) is 17.8 Å². The molecule has 1 aliphatic heterocycles. The predicted octanol–water partition coefficient (Wildman–Crippen LogP) is 2.68. The minimum atomic E-state index is 0.195. The lowest BCUT2D eigenvalue weighted by Crippen LogP contribution is -2.54. The van der Waals surface area contributed by atoms with Crippen LogP contribution in [0, 0.1) is 6.92 Å². The zero-order valence-corrected chi connectivity index (χ0v) is 17.2. The number of aromatic nitrogens is 3. The summed E-state index contributed by atoms with van der Waals surface area (Å²) in [5.41, 5.74) is 2.25. The molecule has 27 heavy (non-hydrogen) atoms. The van der Waals surface area contributed by atoms with Crippen molar-refractivity contribution in [3.63, 3.8) is 0 Å². The number of carbonyl (C=O) groups excluding carboxylic acids is 1. The van der Waals surface area contributed by atoms with Crippen LogP contribution in [0.3, 0.4) is 0 Å². The van der Waals surface area contributed by atoms with Crippen LogP contribution in [0.15, 0.2) is 12.5 Å². The van der Waals surface area contributed by atoms with Crippen molar-refractivity contribution >= 4 is 22.8 Å². The molecule has 1 N–H and O–H groups in total. The summed E-state index contributed by atoms with van der Waals surface area (Å²) in [5, 5.41) is 4.30. The summed E-state index contributed by atoms with van der Waals surface area (Å²) in [4.78, 5) is 24.8. The van der Waals surface area contributed by atoms with Crippen molar-refractivity contribution in [2.75, 3.05) is 38.5 Å². The van der Waals surface area contributed by atoms with Gasteiger partial charge in [0, 0.05) is 58.4 Å². The number of piperazine rings is 1. The number of rotatable bonds is 3. The molecule has 0 aromatic carbocycles. The van der Waals surface area contributed by atoms with Crippen molar-refractivity contribution in [3.8, 4) is 0 Å². The van der Waals surface area contributed by atoms with Crippen molar-refractivity contribution in [2.45, 2.75) is 52.6 Å². The lowest BCUT2D eigenvalue weighted by Gasteiger charge is -2.46. The van der Waals surface area contributed by atoms with Crippen LogP contribution in [0.2, 0.25) is 0 Å². The highest BCUT2D eigenvalue weighted by atomic mass is 16.2. The lowest BCUT2D eigenvalue weighted by atomic mass is 9.85. The van der Waals surface area contributed by atoms with Crippen LogP contribution in [0.1, 0.15) is 45.2 Å². The monoisotopic (exact) mass is 372 g/mol. The fourth-order valence-electron chi connectivity index (χ4n) is 4.22. The van der Waals surface area contributed by atoms with Gasteiger partial charge in [-0.05, 0) is 25.3 Å². The Kier molecular flexibility index (Phi) is 5.99. The van der Waals surface area contributed by atoms with E-state index in [-0.39, 0.29) is 5.91 Å². The molecular formula is C20H32N6O. The number of hydrogen-bond donors (Lipinski definition) is 1. The van der Waals surface area contributed by atoms with Gasteiger partial charge in [0.2, 0.25) is 5.91 Å². The molecule has 2 aromatic rings. The second-order valence-electron chi connectivity index (χ2n) is 7.21. The zero-order chi connectivity index (χ0) is 19.6. The van der Waals surface area contributed by atoms with Crippen molar-refractivity contribution < 1.29 is 4.79 Å². The maximum Gasteiger partial charge on any atom is 0.219 e. The van der Waals surface area contributed by atoms with Crippen LogP contribution in [0.5, 0.6) is 0 Å². The van der Waals surface area contributed by atoms with Crippen molar-refractivity contribution in [2.24, 2.45) is 0 Å². The number of nitrogens with one attached hydrogen (secondary N) is 1. The molecule has 4 rings (SSSR count). The Labute approximate surface area is 161 Å². The molecule has 148 valence electrons. The van der Waals surface area contributed by atoms with E-state index in [0.29, 0.717) is 12.1 Å². The zero-order valence-electron chi connectivity index (χ0n) is 17.2. The summed E-state index contributed by atoms with van der Waals surface area (Å²) >= 11 is 0. The first-order valence-corrected chi connectivity index (χ1v) is 10.1. The maximum absolute atomic E-state index is 11.5. The first kappa shape index (κ1) is 19.6. The number of aryl methyl sites for hydroxylation is 1. The van der Waals surface area contributed by atoms with E-state index < -0.39 is 0 Å². The van der Waals surface area contributed by atoms with Gasteiger partial charge in [-0.2, -0.15) is 0 Å². The Balaban J connectivity index is 0.00000102. The van der Waals surface area contributed by atoms with Crippen LogP contribution < -0.4 is 5.32 Å². The van der Waals surface area contributed by atoms with Crippen LogP contribution >= 0.6 is 0 Å². The third-order valence-corrected chi connectivity index (χ3v) is 5.79. The first-order chi connectivity index (χ1) is 13.1. The summed E-state index contributed by atoms with van der Waals surface area (Å²) in [7, 11) is 1.90. The Hall–Kier alpha value is -2.15. The molecule has 7 heteroatoms. The number of fused-ring (bicyclic) bond motifs is 1. The SMILES string of the molecule is CC.CNc1ncnc2c1c(C)cn2C1CC(N2CCN(C(C)=O)CC2)C1. The Morgan fingerprint density at radius 1 is 1.11 bits per heavy atom. The van der Waals surface area contributed by atoms with Gasteiger partial charge in [-0.3, -0.25) is 9.69 Å². The average molecular weight is 373 g/mol. The minimum Gasteiger partial charge on any atom is -0.372 e. The van der Waals surface area contributed by atoms with Gasteiger partial charge in [-0.1, -0.05) is 13.8 Å². The summed E-state index contributed by atoms with van der Waals surface area (Å²) < 4.78 is 2.33.